The van der Waals surface area contributed by atoms with Crippen LogP contribution in [0.15, 0.2) is 188 Å². The summed E-state index contributed by atoms with van der Waals surface area (Å²) in [5, 5.41) is 7.22. The first-order chi connectivity index (χ1) is 35.3. The predicted octanol–water partition coefficient (Wildman–Crippen LogP) is 14.4. The van der Waals surface area contributed by atoms with Gasteiger partial charge in [-0.15, -0.1) is 57.9 Å². The molecule has 0 N–H and O–H groups in total. The number of aryl methyl sites for hydroxylation is 2. The predicted molar refractivity (Wildman–Crippen MR) is 310 cm³/mol. The zero-order valence-corrected chi connectivity index (χ0v) is 50.5. The van der Waals surface area contributed by atoms with Crippen LogP contribution in [0.5, 0.6) is 0 Å². The third-order valence-corrected chi connectivity index (χ3v) is 14.5. The summed E-state index contributed by atoms with van der Waals surface area (Å²) in [5.74, 6) is 1.76. The van der Waals surface area contributed by atoms with Crippen molar-refractivity contribution >= 4 is 48.9 Å². The fraction of sp³-hybridized carbons (Fsp3) is 0.206. The van der Waals surface area contributed by atoms with Crippen molar-refractivity contribution in [1.29, 1.82) is 0 Å². The molecule has 0 fully saturated rings. The Balaban J connectivity index is 0.000000184. The molecule has 0 spiro atoms. The number of fused-ring (bicyclic) bond motifs is 4. The van der Waals surface area contributed by atoms with Gasteiger partial charge in [0.2, 0.25) is 0 Å². The van der Waals surface area contributed by atoms with Gasteiger partial charge in [0.25, 0.3) is 0 Å². The molecule has 0 atom stereocenters. The third kappa shape index (κ3) is 11.6. The second-order valence-corrected chi connectivity index (χ2v) is 31.7. The van der Waals surface area contributed by atoms with Gasteiger partial charge >= 0.3 is 41.9 Å². The second-order valence-electron chi connectivity index (χ2n) is 22.3. The first-order valence-electron chi connectivity index (χ1n) is 25.6. The van der Waals surface area contributed by atoms with Crippen LogP contribution < -0.4 is 24.8 Å². The van der Waals surface area contributed by atoms with E-state index in [1.165, 1.54) is 77.2 Å². The Morgan fingerprint density at radius 3 is 1.13 bits per heavy atom. The van der Waals surface area contributed by atoms with E-state index in [0.29, 0.717) is 0 Å². The van der Waals surface area contributed by atoms with Crippen LogP contribution in [0.3, 0.4) is 0 Å². The Kier molecular flexibility index (Phi) is 16.6. The summed E-state index contributed by atoms with van der Waals surface area (Å²) in [6.45, 7) is 27.0. The molecule has 76 heavy (non-hydrogen) atoms. The van der Waals surface area contributed by atoms with Crippen molar-refractivity contribution in [3.05, 3.63) is 204 Å². The summed E-state index contributed by atoms with van der Waals surface area (Å²) in [6.07, 6.45) is 7.14. The number of benzene rings is 6. The van der Waals surface area contributed by atoms with Crippen molar-refractivity contribution in [3.63, 3.8) is 0 Å². The van der Waals surface area contributed by atoms with E-state index < -0.39 is 0 Å². The normalized spacial score (nSPS) is 11.6. The molecule has 384 valence electrons. The molecule has 12 rings (SSSR count). The van der Waals surface area contributed by atoms with Crippen molar-refractivity contribution in [3.8, 4) is 67.2 Å². The average Bonchev–Trinajstić information content (AvgIpc) is 4.25. The summed E-state index contributed by atoms with van der Waals surface area (Å²) in [4.78, 5) is 0. The number of furan rings is 4. The van der Waals surface area contributed by atoms with Crippen LogP contribution in [-0.4, -0.2) is 5.43 Å². The molecular formula is C68H64Cl2O4SiZr-2. The molecule has 0 aliphatic heterocycles. The van der Waals surface area contributed by atoms with Gasteiger partial charge in [0.1, 0.15) is 11.2 Å². The van der Waals surface area contributed by atoms with Crippen LogP contribution in [0.2, 0.25) is 13.1 Å². The number of halogens is 2. The monoisotopic (exact) mass is 1130 g/mol. The van der Waals surface area contributed by atoms with Crippen molar-refractivity contribution in [1.82, 2.24) is 0 Å². The molecule has 0 radical (unpaired) electrons. The SMILES string of the molecule is C[Si](C)=[Zr+2].Cc1cc2[cH-]c(-c3cc(-c4ccc5occc5c4)co3)cc2c(-c2ccc(C(C)(C)C)cc2)c1C.Cc1cc2[cH-]c(-c3cc(-c4ccc5occc5c4)co3)cc2c(-c2ccc(C(C)(C)C)cc2)c1C.[Cl-].[Cl-]. The number of hydrogen-bond donors (Lipinski definition) is 0. The average molecular weight is 1140 g/mol. The first-order valence-corrected chi connectivity index (χ1v) is 31.8. The van der Waals surface area contributed by atoms with Crippen molar-refractivity contribution < 1.29 is 65.8 Å². The van der Waals surface area contributed by atoms with Gasteiger partial charge in [0, 0.05) is 21.9 Å². The van der Waals surface area contributed by atoms with Crippen LogP contribution in [0.25, 0.3) is 111 Å². The molecule has 0 saturated heterocycles. The van der Waals surface area contributed by atoms with Gasteiger partial charge in [-0.25, -0.2) is 0 Å². The van der Waals surface area contributed by atoms with Gasteiger partial charge in [-0.2, -0.15) is 0 Å². The summed E-state index contributed by atoms with van der Waals surface area (Å²) in [6, 6.07) is 52.5. The zero-order chi connectivity index (χ0) is 52.2. The molecule has 0 aliphatic carbocycles. The van der Waals surface area contributed by atoms with E-state index >= 15 is 0 Å². The Morgan fingerprint density at radius 2 is 0.776 bits per heavy atom. The van der Waals surface area contributed by atoms with Crippen LogP contribution in [0.1, 0.15) is 74.9 Å². The molecule has 0 amide bonds. The van der Waals surface area contributed by atoms with Crippen LogP contribution in [0.4, 0.5) is 0 Å². The van der Waals surface area contributed by atoms with Crippen LogP contribution >= 0.6 is 0 Å². The second kappa shape index (κ2) is 22.4. The van der Waals surface area contributed by atoms with Gasteiger partial charge in [0.15, 0.2) is 0 Å². The van der Waals surface area contributed by atoms with Crippen LogP contribution in [-0.2, 0) is 34.2 Å². The molecule has 8 heteroatoms. The third-order valence-electron chi connectivity index (χ3n) is 14.5. The summed E-state index contributed by atoms with van der Waals surface area (Å²) >= 11 is 1.74. The van der Waals surface area contributed by atoms with E-state index in [2.05, 4.69) is 204 Å². The molecule has 12 aromatic rings. The smallest absolute Gasteiger partial charge is 0.133 e. The van der Waals surface area contributed by atoms with Gasteiger partial charge in [-0.3, -0.25) is 0 Å². The maximum Gasteiger partial charge on any atom is 0.133 e. The van der Waals surface area contributed by atoms with E-state index in [4.69, 9.17) is 17.7 Å². The Labute approximate surface area is 475 Å². The summed E-state index contributed by atoms with van der Waals surface area (Å²) in [5.41, 5.74) is 22.0. The standard InChI is InChI=1S/2C33H29O2.C2H6Si.2ClH.Zr/c2*1-20-14-25-16-26(31-18-27(19-35-31)23-8-11-30-24(15-23)12-13-34-30)17-29(25)32(21(20)2)22-6-9-28(10-7-22)33(3,4)5;1-3-2;;;/h2*6-19H,1-5H3;1-2H3;2*1H;/q2*-1;;;;+2/p-2. The molecule has 0 unspecified atom stereocenters. The van der Waals surface area contributed by atoms with E-state index in [-0.39, 0.29) is 41.1 Å². The number of rotatable bonds is 6. The minimum Gasteiger partial charge on any atom is -1.00 e. The minimum atomic E-state index is 0. The summed E-state index contributed by atoms with van der Waals surface area (Å²) in [7, 11) is 0. The Morgan fingerprint density at radius 1 is 0.421 bits per heavy atom. The largest absolute Gasteiger partial charge is 1.00 e. The molecule has 4 aromatic heterocycles. The van der Waals surface area contributed by atoms with Gasteiger partial charge in [-0.05, 0) is 132 Å². The zero-order valence-electron chi connectivity index (χ0n) is 45.6. The summed E-state index contributed by atoms with van der Waals surface area (Å²) < 4.78 is 23.1. The maximum absolute atomic E-state index is 6.06. The van der Waals surface area contributed by atoms with Crippen molar-refractivity contribution in [2.75, 3.05) is 0 Å². The van der Waals surface area contributed by atoms with E-state index in [1.54, 1.807) is 35.9 Å². The van der Waals surface area contributed by atoms with E-state index in [9.17, 15) is 0 Å². The van der Waals surface area contributed by atoms with Crippen molar-refractivity contribution in [2.45, 2.75) is 93.2 Å². The molecule has 4 heterocycles. The fourth-order valence-corrected chi connectivity index (χ4v) is 10.1. The molecular weight excluding hydrogens is 1070 g/mol. The quantitative estimate of drug-likeness (QED) is 0.123. The molecule has 4 nitrogen and oxygen atoms in total. The fourth-order valence-electron chi connectivity index (χ4n) is 10.1. The van der Waals surface area contributed by atoms with Gasteiger partial charge in [0.05, 0.1) is 36.6 Å². The Bertz CT molecular complexity index is 3740. The van der Waals surface area contributed by atoms with Gasteiger partial charge in [-0.1, -0.05) is 136 Å². The van der Waals surface area contributed by atoms with E-state index in [0.717, 1.165) is 66.8 Å². The Hall–Kier alpha value is -6.14. The topological polar surface area (TPSA) is 52.6 Å². The molecule has 0 bridgehead atoms. The maximum atomic E-state index is 6.06. The van der Waals surface area contributed by atoms with Crippen molar-refractivity contribution in [2.24, 2.45) is 0 Å². The molecule has 0 saturated carbocycles. The molecule has 8 aromatic carbocycles. The van der Waals surface area contributed by atoms with E-state index in [1.807, 2.05) is 36.8 Å². The molecule has 0 aliphatic rings. The number of hydrogen-bond acceptors (Lipinski definition) is 4. The minimum absolute atomic E-state index is 0. The first kappa shape index (κ1) is 56.1. The van der Waals surface area contributed by atoms with Crippen LogP contribution in [0, 0.1) is 27.7 Å². The van der Waals surface area contributed by atoms with Gasteiger partial charge < -0.3 is 42.5 Å².